The van der Waals surface area contributed by atoms with Crippen molar-refractivity contribution in [3.8, 4) is 17.0 Å². The molecule has 0 amide bonds. The number of aromatic nitrogens is 1. The molecule has 35 heavy (non-hydrogen) atoms. The Balaban J connectivity index is 1.64. The quantitative estimate of drug-likeness (QED) is 0.378. The highest BCUT2D eigenvalue weighted by molar-refractivity contribution is 5.73. The van der Waals surface area contributed by atoms with Crippen LogP contribution in [0.1, 0.15) is 66.1 Å². The topological polar surface area (TPSA) is 51.3 Å². The van der Waals surface area contributed by atoms with Gasteiger partial charge in [0.15, 0.2) is 11.3 Å². The number of aromatic amines is 1. The molecule has 2 aromatic carbocycles. The summed E-state index contributed by atoms with van der Waals surface area (Å²) in [5.74, 6) is 0.531. The number of nitrogens with one attached hydrogen (secondary N) is 1. The molecule has 0 saturated carbocycles. The van der Waals surface area contributed by atoms with Crippen LogP contribution in [-0.4, -0.2) is 24.3 Å². The Morgan fingerprint density at radius 3 is 2.23 bits per heavy atom. The maximum atomic E-state index is 13.5. The molecule has 3 aromatic rings. The highest BCUT2D eigenvalue weighted by Crippen LogP contribution is 2.30. The number of H-pyrrole nitrogens is 1. The van der Waals surface area contributed by atoms with Gasteiger partial charge in [0, 0.05) is 23.9 Å². The highest BCUT2D eigenvalue weighted by Gasteiger charge is 2.19. The van der Waals surface area contributed by atoms with Crippen molar-refractivity contribution < 1.29 is 9.47 Å². The average Bonchev–Trinajstić information content (AvgIpc) is 2.84. The second-order valence-electron chi connectivity index (χ2n) is 9.99. The van der Waals surface area contributed by atoms with Gasteiger partial charge in [-0.05, 0) is 87.1 Å². The zero-order valence-corrected chi connectivity index (χ0v) is 21.7. The Bertz CT molecular complexity index is 1160. The molecule has 1 aliphatic rings. The fourth-order valence-corrected chi connectivity index (χ4v) is 5.25. The van der Waals surface area contributed by atoms with Crippen LogP contribution in [0, 0.1) is 20.8 Å². The minimum absolute atomic E-state index is 0.00617. The number of pyridine rings is 1. The van der Waals surface area contributed by atoms with Crippen molar-refractivity contribution in [3.63, 3.8) is 0 Å². The van der Waals surface area contributed by atoms with Crippen LogP contribution in [0.15, 0.2) is 47.3 Å². The van der Waals surface area contributed by atoms with Crippen molar-refractivity contribution in [3.05, 3.63) is 86.2 Å². The minimum Gasteiger partial charge on any atom is -0.476 e. The van der Waals surface area contributed by atoms with E-state index in [-0.39, 0.29) is 11.5 Å². The summed E-state index contributed by atoms with van der Waals surface area (Å²) in [5.41, 5.74) is 8.85. The third kappa shape index (κ3) is 6.43. The first-order valence-corrected chi connectivity index (χ1v) is 13.1. The number of hydrogen-bond donors (Lipinski definition) is 1. The maximum absolute atomic E-state index is 13.5. The lowest BCUT2D eigenvalue weighted by Crippen LogP contribution is -2.26. The summed E-state index contributed by atoms with van der Waals surface area (Å²) in [6, 6.07) is 14.8. The van der Waals surface area contributed by atoms with Crippen molar-refractivity contribution in [2.45, 2.75) is 78.7 Å². The van der Waals surface area contributed by atoms with Crippen LogP contribution in [0.2, 0.25) is 0 Å². The molecule has 186 valence electrons. The molecule has 4 nitrogen and oxygen atoms in total. The van der Waals surface area contributed by atoms with Gasteiger partial charge in [-0.2, -0.15) is 0 Å². The molecule has 4 rings (SSSR count). The van der Waals surface area contributed by atoms with E-state index in [0.717, 1.165) is 79.5 Å². The molecule has 1 atom stereocenters. The van der Waals surface area contributed by atoms with Crippen LogP contribution >= 0.6 is 0 Å². The minimum atomic E-state index is 0.00617. The predicted octanol–water partition coefficient (Wildman–Crippen LogP) is 6.65. The summed E-state index contributed by atoms with van der Waals surface area (Å²) in [5, 5.41) is 0. The van der Waals surface area contributed by atoms with E-state index in [1.165, 1.54) is 16.7 Å². The third-order valence-corrected chi connectivity index (χ3v) is 6.94. The monoisotopic (exact) mass is 473 g/mol. The molecule has 1 aromatic heterocycles. The molecule has 0 radical (unpaired) electrons. The van der Waals surface area contributed by atoms with Gasteiger partial charge in [0.1, 0.15) is 6.61 Å². The van der Waals surface area contributed by atoms with Crippen LogP contribution < -0.4 is 10.2 Å². The smallest absolute Gasteiger partial charge is 0.194 e. The van der Waals surface area contributed by atoms with E-state index in [2.05, 4.69) is 69.1 Å². The molecular formula is C31H39NO3. The second kappa shape index (κ2) is 11.7. The number of ether oxygens (including phenoxy) is 2. The molecule has 0 aliphatic carbocycles. The molecule has 1 saturated heterocycles. The van der Waals surface area contributed by atoms with Crippen LogP contribution in [-0.2, 0) is 24.0 Å². The van der Waals surface area contributed by atoms with Gasteiger partial charge in [-0.25, -0.2) is 0 Å². The summed E-state index contributed by atoms with van der Waals surface area (Å²) >= 11 is 0. The molecular weight excluding hydrogens is 434 g/mol. The molecule has 1 unspecified atom stereocenters. The fraction of sp³-hybridized carbons (Fsp3) is 0.452. The highest BCUT2D eigenvalue weighted by atomic mass is 16.5. The van der Waals surface area contributed by atoms with Gasteiger partial charge < -0.3 is 14.5 Å². The summed E-state index contributed by atoms with van der Waals surface area (Å²) in [6.07, 6.45) is 7.23. The summed E-state index contributed by atoms with van der Waals surface area (Å²) in [7, 11) is 0. The van der Waals surface area contributed by atoms with Gasteiger partial charge in [-0.15, -0.1) is 0 Å². The van der Waals surface area contributed by atoms with Crippen LogP contribution in [0.3, 0.4) is 0 Å². The average molecular weight is 474 g/mol. The summed E-state index contributed by atoms with van der Waals surface area (Å²) < 4.78 is 11.9. The lowest BCUT2D eigenvalue weighted by Gasteiger charge is -2.23. The molecule has 1 fully saturated rings. The second-order valence-corrected chi connectivity index (χ2v) is 9.99. The van der Waals surface area contributed by atoms with Crippen molar-refractivity contribution in [2.75, 3.05) is 13.2 Å². The molecule has 0 bridgehead atoms. The lowest BCUT2D eigenvalue weighted by molar-refractivity contribution is -0.0119. The Hall–Kier alpha value is -2.85. The van der Waals surface area contributed by atoms with Crippen molar-refractivity contribution in [2.24, 2.45) is 0 Å². The number of rotatable bonds is 9. The molecule has 2 heterocycles. The largest absolute Gasteiger partial charge is 0.476 e. The Labute approximate surface area is 209 Å². The zero-order valence-electron chi connectivity index (χ0n) is 21.7. The molecule has 1 aliphatic heterocycles. The van der Waals surface area contributed by atoms with Gasteiger partial charge in [-0.1, -0.05) is 55.3 Å². The van der Waals surface area contributed by atoms with Crippen LogP contribution in [0.25, 0.3) is 11.1 Å². The van der Waals surface area contributed by atoms with Crippen molar-refractivity contribution in [1.29, 1.82) is 0 Å². The maximum Gasteiger partial charge on any atom is 0.194 e. The van der Waals surface area contributed by atoms with Crippen LogP contribution in [0.5, 0.6) is 5.88 Å². The molecule has 4 heteroatoms. The van der Waals surface area contributed by atoms with Crippen molar-refractivity contribution in [1.82, 2.24) is 4.98 Å². The predicted molar refractivity (Wildman–Crippen MR) is 144 cm³/mol. The lowest BCUT2D eigenvalue weighted by atomic mass is 9.91. The summed E-state index contributed by atoms with van der Waals surface area (Å²) in [6.45, 7) is 9.75. The zero-order chi connectivity index (χ0) is 24.8. The normalized spacial score (nSPS) is 15.8. The Morgan fingerprint density at radius 2 is 1.60 bits per heavy atom. The fourth-order valence-electron chi connectivity index (χ4n) is 5.25. The van der Waals surface area contributed by atoms with E-state index >= 15 is 0 Å². The van der Waals surface area contributed by atoms with Crippen molar-refractivity contribution >= 4 is 0 Å². The molecule has 1 N–H and O–H groups in total. The van der Waals surface area contributed by atoms with Gasteiger partial charge in [0.2, 0.25) is 0 Å². The SMILES string of the molecule is CCCc1ccc(CCc2[nH]c(OCC3CCCCO3)cc(=O)c2-c2c(C)cc(C)cc2C)cc1. The Morgan fingerprint density at radius 1 is 0.914 bits per heavy atom. The van der Waals surface area contributed by atoms with E-state index in [1.807, 2.05) is 0 Å². The first kappa shape index (κ1) is 25.2. The number of hydrogen-bond acceptors (Lipinski definition) is 3. The number of aryl methyl sites for hydroxylation is 6. The van der Waals surface area contributed by atoms with Gasteiger partial charge in [0.05, 0.1) is 6.10 Å². The van der Waals surface area contributed by atoms with Gasteiger partial charge >= 0.3 is 0 Å². The van der Waals surface area contributed by atoms with Gasteiger partial charge in [0.25, 0.3) is 0 Å². The van der Waals surface area contributed by atoms with Crippen LogP contribution in [0.4, 0.5) is 0 Å². The number of benzene rings is 2. The van der Waals surface area contributed by atoms with E-state index in [4.69, 9.17) is 9.47 Å². The summed E-state index contributed by atoms with van der Waals surface area (Å²) in [4.78, 5) is 17.0. The molecule has 0 spiro atoms. The van der Waals surface area contributed by atoms with E-state index in [0.29, 0.717) is 12.5 Å². The first-order valence-electron chi connectivity index (χ1n) is 13.1. The van der Waals surface area contributed by atoms with E-state index < -0.39 is 0 Å². The third-order valence-electron chi connectivity index (χ3n) is 6.94. The van der Waals surface area contributed by atoms with Gasteiger partial charge in [-0.3, -0.25) is 4.79 Å². The first-order chi connectivity index (χ1) is 16.9. The standard InChI is InChI=1S/C31H39NO3/c1-5-8-24-10-12-25(13-11-24)14-15-27-31(30-22(3)17-21(2)18-23(30)4)28(33)19-29(32-27)35-20-26-9-6-7-16-34-26/h10-13,17-19,26H,5-9,14-16,20H2,1-4H3,(H,32,33). The van der Waals surface area contributed by atoms with E-state index in [1.54, 1.807) is 6.07 Å². The Kier molecular flexibility index (Phi) is 8.46. The van der Waals surface area contributed by atoms with E-state index in [9.17, 15) is 4.79 Å².